The van der Waals surface area contributed by atoms with Gasteiger partial charge in [-0.3, -0.25) is 9.52 Å². The second-order valence-electron chi connectivity index (χ2n) is 8.56. The van der Waals surface area contributed by atoms with Crippen LogP contribution in [0.2, 0.25) is 0 Å². The molecule has 3 aromatic carbocycles. The number of allylic oxidation sites excluding steroid dienone is 1. The van der Waals surface area contributed by atoms with Gasteiger partial charge in [-0.2, -0.15) is 0 Å². The molecule has 0 aliphatic heterocycles. The van der Waals surface area contributed by atoms with Crippen LogP contribution >= 0.6 is 0 Å². The molecule has 2 N–H and O–H groups in total. The molecule has 43 heavy (non-hydrogen) atoms. The van der Waals surface area contributed by atoms with E-state index in [0.29, 0.717) is 40.0 Å². The zero-order chi connectivity index (χ0) is 31.6. The summed E-state index contributed by atoms with van der Waals surface area (Å²) in [5.74, 6) is 2.24. The average molecular weight is 615 g/mol. The van der Waals surface area contributed by atoms with E-state index in [9.17, 15) is 13.2 Å². The largest absolute Gasteiger partial charge is 0.496 e. The molecule has 13 heteroatoms. The SMILES string of the molecule is COc1cc(OC)c(/C=C/S(=O)(=O)Nc2ccc(OC)c(N/C=C/C(=O)c3c(OC)cc(OC)cc3OC)c2)c(OC)c1. The van der Waals surface area contributed by atoms with E-state index in [0.717, 1.165) is 5.41 Å². The maximum atomic E-state index is 13.0. The molecular formula is C30H34N2O10S. The number of hydrogen-bond acceptors (Lipinski definition) is 11. The van der Waals surface area contributed by atoms with Crippen LogP contribution in [-0.2, 0) is 10.0 Å². The van der Waals surface area contributed by atoms with Crippen LogP contribution in [0.15, 0.2) is 60.1 Å². The van der Waals surface area contributed by atoms with Gasteiger partial charge in [0.1, 0.15) is 45.8 Å². The second kappa shape index (κ2) is 14.7. The first-order valence-corrected chi connectivity index (χ1v) is 14.1. The molecule has 0 spiro atoms. The Labute approximate surface area is 250 Å². The van der Waals surface area contributed by atoms with Gasteiger partial charge in [-0.25, -0.2) is 8.42 Å². The van der Waals surface area contributed by atoms with E-state index in [2.05, 4.69) is 10.0 Å². The Morgan fingerprint density at radius 3 is 1.67 bits per heavy atom. The van der Waals surface area contributed by atoms with Crippen molar-refractivity contribution >= 4 is 33.3 Å². The number of sulfonamides is 1. The van der Waals surface area contributed by atoms with Gasteiger partial charge in [-0.1, -0.05) is 0 Å². The smallest absolute Gasteiger partial charge is 0.255 e. The molecule has 0 radical (unpaired) electrons. The van der Waals surface area contributed by atoms with Crippen LogP contribution in [0.25, 0.3) is 6.08 Å². The van der Waals surface area contributed by atoms with E-state index >= 15 is 0 Å². The van der Waals surface area contributed by atoms with E-state index in [1.165, 1.54) is 80.3 Å². The zero-order valence-corrected chi connectivity index (χ0v) is 25.7. The highest BCUT2D eigenvalue weighted by Crippen LogP contribution is 2.36. The number of hydrogen-bond donors (Lipinski definition) is 2. The minimum Gasteiger partial charge on any atom is -0.496 e. The van der Waals surface area contributed by atoms with Crippen molar-refractivity contribution in [1.82, 2.24) is 0 Å². The van der Waals surface area contributed by atoms with Crippen molar-refractivity contribution in [2.45, 2.75) is 0 Å². The molecule has 0 bridgehead atoms. The molecule has 0 unspecified atom stereocenters. The number of methoxy groups -OCH3 is 7. The van der Waals surface area contributed by atoms with Crippen LogP contribution in [-0.4, -0.2) is 64.0 Å². The van der Waals surface area contributed by atoms with Crippen molar-refractivity contribution in [3.8, 4) is 40.2 Å². The summed E-state index contributed by atoms with van der Waals surface area (Å²) in [6.07, 6.45) is 4.03. The molecule has 0 saturated carbocycles. The van der Waals surface area contributed by atoms with Gasteiger partial charge in [0.05, 0.1) is 72.1 Å². The van der Waals surface area contributed by atoms with Gasteiger partial charge in [-0.15, -0.1) is 0 Å². The predicted octanol–water partition coefficient (Wildman–Crippen LogP) is 4.97. The molecule has 0 amide bonds. The molecule has 0 aliphatic rings. The van der Waals surface area contributed by atoms with Gasteiger partial charge in [0.15, 0.2) is 5.78 Å². The lowest BCUT2D eigenvalue weighted by Crippen LogP contribution is -2.09. The molecule has 3 aromatic rings. The van der Waals surface area contributed by atoms with E-state index < -0.39 is 15.8 Å². The Hall–Kier alpha value is -5.04. The first kappa shape index (κ1) is 32.5. The van der Waals surface area contributed by atoms with E-state index in [1.807, 2.05) is 0 Å². The molecule has 0 aromatic heterocycles. The van der Waals surface area contributed by atoms with Crippen molar-refractivity contribution in [2.75, 3.05) is 59.8 Å². The fourth-order valence-electron chi connectivity index (χ4n) is 3.98. The number of carbonyl (C=O) groups is 1. The summed E-state index contributed by atoms with van der Waals surface area (Å²) in [4.78, 5) is 13.0. The standard InChI is InChI=1S/C30H34N2O10S/c1-36-20-15-26(39-4)22(27(16-20)40-5)11-13-43(34,35)32-19-8-9-25(38-3)23(14-19)31-12-10-24(33)30-28(41-6)17-21(37-2)18-29(30)42-7/h8-18,31-32H,1-7H3/b12-10+,13-11+. The first-order valence-electron chi connectivity index (χ1n) is 12.6. The van der Waals surface area contributed by atoms with Gasteiger partial charge in [0.2, 0.25) is 0 Å². The third kappa shape index (κ3) is 8.04. The normalized spacial score (nSPS) is 11.2. The lowest BCUT2D eigenvalue weighted by Gasteiger charge is -2.14. The van der Waals surface area contributed by atoms with Gasteiger partial charge in [0, 0.05) is 36.5 Å². The molecule has 0 fully saturated rings. The molecule has 0 aliphatic carbocycles. The molecular weight excluding hydrogens is 580 g/mol. The molecule has 12 nitrogen and oxygen atoms in total. The summed E-state index contributed by atoms with van der Waals surface area (Å²) >= 11 is 0. The summed E-state index contributed by atoms with van der Waals surface area (Å²) < 4.78 is 65.7. The highest BCUT2D eigenvalue weighted by Gasteiger charge is 2.19. The Bertz CT molecular complexity index is 1570. The Morgan fingerprint density at radius 2 is 1.19 bits per heavy atom. The van der Waals surface area contributed by atoms with Crippen molar-refractivity contribution < 1.29 is 46.4 Å². The maximum Gasteiger partial charge on any atom is 0.255 e. The Morgan fingerprint density at radius 1 is 0.674 bits per heavy atom. The van der Waals surface area contributed by atoms with Crippen LogP contribution in [0, 0.1) is 0 Å². The van der Waals surface area contributed by atoms with Crippen molar-refractivity contribution in [3.63, 3.8) is 0 Å². The van der Waals surface area contributed by atoms with Crippen LogP contribution in [0.3, 0.4) is 0 Å². The summed E-state index contributed by atoms with van der Waals surface area (Å²) in [7, 11) is 6.25. The average Bonchev–Trinajstić information content (AvgIpc) is 3.02. The van der Waals surface area contributed by atoms with Crippen LogP contribution in [0.1, 0.15) is 15.9 Å². The van der Waals surface area contributed by atoms with Crippen LogP contribution in [0.4, 0.5) is 11.4 Å². The van der Waals surface area contributed by atoms with Gasteiger partial charge < -0.3 is 38.5 Å². The molecule has 0 atom stereocenters. The number of ether oxygens (including phenoxy) is 7. The highest BCUT2D eigenvalue weighted by atomic mass is 32.2. The number of rotatable bonds is 15. The summed E-state index contributed by atoms with van der Waals surface area (Å²) in [5, 5.41) is 3.95. The van der Waals surface area contributed by atoms with E-state index in [1.54, 1.807) is 30.3 Å². The van der Waals surface area contributed by atoms with Crippen LogP contribution < -0.4 is 43.2 Å². The lowest BCUT2D eigenvalue weighted by molar-refractivity contribution is 0.104. The number of anilines is 2. The highest BCUT2D eigenvalue weighted by molar-refractivity contribution is 7.95. The minimum absolute atomic E-state index is 0.203. The fourth-order valence-corrected chi connectivity index (χ4v) is 4.81. The van der Waals surface area contributed by atoms with E-state index in [4.69, 9.17) is 33.2 Å². The second-order valence-corrected chi connectivity index (χ2v) is 10.1. The molecule has 230 valence electrons. The third-order valence-corrected chi connectivity index (χ3v) is 7.08. The molecule has 3 rings (SSSR count). The number of carbonyl (C=O) groups excluding carboxylic acids is 1. The van der Waals surface area contributed by atoms with Gasteiger partial charge in [-0.05, 0) is 24.3 Å². The summed E-state index contributed by atoms with van der Waals surface area (Å²) in [5.41, 5.74) is 1.24. The zero-order valence-electron chi connectivity index (χ0n) is 24.8. The Balaban J connectivity index is 1.83. The maximum absolute atomic E-state index is 13.0. The van der Waals surface area contributed by atoms with Gasteiger partial charge in [0.25, 0.3) is 10.0 Å². The molecule has 0 saturated heterocycles. The fraction of sp³-hybridized carbons (Fsp3) is 0.233. The third-order valence-electron chi connectivity index (χ3n) is 6.06. The van der Waals surface area contributed by atoms with Gasteiger partial charge >= 0.3 is 0 Å². The lowest BCUT2D eigenvalue weighted by atomic mass is 10.1. The number of benzene rings is 3. The topological polar surface area (TPSA) is 140 Å². The number of ketones is 1. The Kier molecular flexibility index (Phi) is 11.1. The monoisotopic (exact) mass is 614 g/mol. The minimum atomic E-state index is -3.98. The summed E-state index contributed by atoms with van der Waals surface area (Å²) in [6.45, 7) is 0. The van der Waals surface area contributed by atoms with Crippen LogP contribution in [0.5, 0.6) is 40.2 Å². The quantitative estimate of drug-likeness (QED) is 0.177. The number of nitrogens with one attached hydrogen (secondary N) is 2. The van der Waals surface area contributed by atoms with E-state index in [-0.39, 0.29) is 22.7 Å². The summed E-state index contributed by atoms with van der Waals surface area (Å²) in [6, 6.07) is 11.0. The van der Waals surface area contributed by atoms with Crippen molar-refractivity contribution in [1.29, 1.82) is 0 Å². The van der Waals surface area contributed by atoms with Crippen molar-refractivity contribution in [2.24, 2.45) is 0 Å². The van der Waals surface area contributed by atoms with Crippen molar-refractivity contribution in [3.05, 3.63) is 71.3 Å². The predicted molar refractivity (Wildman–Crippen MR) is 164 cm³/mol. The molecule has 0 heterocycles. The first-order chi connectivity index (χ1) is 20.6.